The summed E-state index contributed by atoms with van der Waals surface area (Å²) in [7, 11) is 0. The van der Waals surface area contributed by atoms with Crippen molar-refractivity contribution < 1.29 is 4.79 Å². The third-order valence-corrected chi connectivity index (χ3v) is 6.64. The maximum atomic E-state index is 12.4. The van der Waals surface area contributed by atoms with Crippen LogP contribution in [0.15, 0.2) is 39.6 Å². The lowest BCUT2D eigenvalue weighted by molar-refractivity contribution is 0.0930. The van der Waals surface area contributed by atoms with Crippen LogP contribution in [0.1, 0.15) is 34.6 Å². The SMILES string of the molecule is Cc1ccc(Sc2cnc(C(=O)NC3CC4CCC3N4)s2)cc1. The molecule has 120 valence electrons. The molecule has 2 bridgehead atoms. The second-order valence-corrected chi connectivity index (χ2v) is 8.67. The molecule has 2 aromatic rings. The second-order valence-electron chi connectivity index (χ2n) is 6.26. The van der Waals surface area contributed by atoms with Crippen molar-refractivity contribution in [2.24, 2.45) is 0 Å². The zero-order valence-electron chi connectivity index (χ0n) is 12.9. The summed E-state index contributed by atoms with van der Waals surface area (Å²) in [5.74, 6) is -0.0369. The molecule has 1 amide bonds. The van der Waals surface area contributed by atoms with Crippen molar-refractivity contribution in [3.63, 3.8) is 0 Å². The number of hydrogen-bond donors (Lipinski definition) is 2. The number of nitrogens with one attached hydrogen (secondary N) is 2. The van der Waals surface area contributed by atoms with Crippen LogP contribution in [0.3, 0.4) is 0 Å². The van der Waals surface area contributed by atoms with E-state index >= 15 is 0 Å². The van der Waals surface area contributed by atoms with Crippen molar-refractivity contribution in [2.45, 2.75) is 53.4 Å². The summed E-state index contributed by atoms with van der Waals surface area (Å²) in [6, 6.07) is 9.69. The molecule has 2 N–H and O–H groups in total. The average Bonchev–Trinajstić information content (AvgIpc) is 3.26. The third kappa shape index (κ3) is 3.29. The first-order valence-electron chi connectivity index (χ1n) is 7.94. The highest BCUT2D eigenvalue weighted by Gasteiger charge is 2.39. The summed E-state index contributed by atoms with van der Waals surface area (Å²) < 4.78 is 1.05. The molecule has 0 aliphatic carbocycles. The first kappa shape index (κ1) is 15.2. The van der Waals surface area contributed by atoms with Crippen LogP contribution in [-0.4, -0.2) is 29.0 Å². The quantitative estimate of drug-likeness (QED) is 0.893. The fourth-order valence-electron chi connectivity index (χ4n) is 3.35. The van der Waals surface area contributed by atoms with Crippen LogP contribution in [0.5, 0.6) is 0 Å². The van der Waals surface area contributed by atoms with Gasteiger partial charge in [-0.2, -0.15) is 0 Å². The van der Waals surface area contributed by atoms with Crippen molar-refractivity contribution in [1.82, 2.24) is 15.6 Å². The zero-order chi connectivity index (χ0) is 15.8. The molecule has 2 aliphatic heterocycles. The van der Waals surface area contributed by atoms with Gasteiger partial charge in [0.15, 0.2) is 5.01 Å². The molecule has 4 rings (SSSR count). The Hall–Kier alpha value is -1.37. The molecule has 4 nitrogen and oxygen atoms in total. The van der Waals surface area contributed by atoms with Crippen molar-refractivity contribution >= 4 is 29.0 Å². The zero-order valence-corrected chi connectivity index (χ0v) is 14.5. The summed E-state index contributed by atoms with van der Waals surface area (Å²) in [6.07, 6.45) is 5.25. The van der Waals surface area contributed by atoms with Gasteiger partial charge in [0.2, 0.25) is 0 Å². The minimum Gasteiger partial charge on any atom is -0.346 e. The number of aromatic nitrogens is 1. The number of carbonyl (C=O) groups excluding carboxylic acids is 1. The fourth-order valence-corrected chi connectivity index (χ4v) is 5.20. The molecule has 2 saturated heterocycles. The van der Waals surface area contributed by atoms with Gasteiger partial charge in [0.25, 0.3) is 5.91 Å². The van der Waals surface area contributed by atoms with Gasteiger partial charge in [-0.1, -0.05) is 29.5 Å². The van der Waals surface area contributed by atoms with Crippen LogP contribution >= 0.6 is 23.1 Å². The van der Waals surface area contributed by atoms with E-state index < -0.39 is 0 Å². The Labute approximate surface area is 144 Å². The smallest absolute Gasteiger partial charge is 0.280 e. The lowest BCUT2D eigenvalue weighted by Crippen LogP contribution is -2.42. The molecule has 6 heteroatoms. The summed E-state index contributed by atoms with van der Waals surface area (Å²) in [5.41, 5.74) is 1.25. The Morgan fingerprint density at radius 2 is 2.17 bits per heavy atom. The van der Waals surface area contributed by atoms with Crippen LogP contribution in [0.4, 0.5) is 0 Å². The van der Waals surface area contributed by atoms with Gasteiger partial charge in [-0.15, -0.1) is 11.3 Å². The number of amides is 1. The largest absolute Gasteiger partial charge is 0.346 e. The number of nitrogens with zero attached hydrogens (tertiary/aromatic N) is 1. The van der Waals surface area contributed by atoms with E-state index in [-0.39, 0.29) is 11.9 Å². The second kappa shape index (κ2) is 6.26. The minimum atomic E-state index is -0.0369. The van der Waals surface area contributed by atoms with Crippen LogP contribution < -0.4 is 10.6 Å². The molecule has 0 radical (unpaired) electrons. The maximum Gasteiger partial charge on any atom is 0.280 e. The summed E-state index contributed by atoms with van der Waals surface area (Å²) >= 11 is 3.12. The summed E-state index contributed by atoms with van der Waals surface area (Å²) in [5, 5.41) is 7.25. The van der Waals surface area contributed by atoms with E-state index in [0.29, 0.717) is 17.1 Å². The standard InChI is InChI=1S/C17H19N3OS2/c1-10-2-5-12(6-3-10)22-15-9-18-17(23-15)16(21)20-14-8-11-4-7-13(14)19-11/h2-3,5-6,9,11,13-14,19H,4,7-8H2,1H3,(H,20,21). The minimum absolute atomic E-state index is 0.0369. The van der Waals surface area contributed by atoms with Crippen LogP contribution in [0, 0.1) is 6.92 Å². The fraction of sp³-hybridized carbons (Fsp3) is 0.412. The van der Waals surface area contributed by atoms with E-state index in [9.17, 15) is 4.79 Å². The van der Waals surface area contributed by atoms with E-state index in [4.69, 9.17) is 0 Å². The molecular formula is C17H19N3OS2. The molecule has 0 spiro atoms. The van der Waals surface area contributed by atoms with E-state index in [2.05, 4.69) is 46.8 Å². The Morgan fingerprint density at radius 1 is 1.35 bits per heavy atom. The van der Waals surface area contributed by atoms with Crippen molar-refractivity contribution in [3.05, 3.63) is 41.0 Å². The Bertz CT molecular complexity index is 713. The number of carbonyl (C=O) groups is 1. The average molecular weight is 345 g/mol. The van der Waals surface area contributed by atoms with Gasteiger partial charge in [-0.25, -0.2) is 4.98 Å². The van der Waals surface area contributed by atoms with Gasteiger partial charge in [-0.3, -0.25) is 4.79 Å². The van der Waals surface area contributed by atoms with Crippen molar-refractivity contribution in [1.29, 1.82) is 0 Å². The lowest BCUT2D eigenvalue weighted by Gasteiger charge is -2.20. The molecule has 2 aliphatic rings. The molecule has 2 fully saturated rings. The monoisotopic (exact) mass is 345 g/mol. The number of rotatable bonds is 4. The highest BCUT2D eigenvalue weighted by atomic mass is 32.2. The molecular weight excluding hydrogens is 326 g/mol. The van der Waals surface area contributed by atoms with Crippen LogP contribution in [-0.2, 0) is 0 Å². The lowest BCUT2D eigenvalue weighted by atomic mass is 9.95. The highest BCUT2D eigenvalue weighted by Crippen LogP contribution is 2.33. The summed E-state index contributed by atoms with van der Waals surface area (Å²) in [6.45, 7) is 2.08. The number of hydrogen-bond acceptors (Lipinski definition) is 5. The molecule has 1 aromatic carbocycles. The van der Waals surface area contributed by atoms with Crippen molar-refractivity contribution in [2.75, 3.05) is 0 Å². The first-order valence-corrected chi connectivity index (χ1v) is 9.58. The highest BCUT2D eigenvalue weighted by molar-refractivity contribution is 8.01. The number of fused-ring (bicyclic) bond motifs is 2. The summed E-state index contributed by atoms with van der Waals surface area (Å²) in [4.78, 5) is 17.9. The maximum absolute atomic E-state index is 12.4. The van der Waals surface area contributed by atoms with E-state index in [1.54, 1.807) is 18.0 Å². The van der Waals surface area contributed by atoms with Gasteiger partial charge >= 0.3 is 0 Å². The predicted molar refractivity (Wildman–Crippen MR) is 93.2 cm³/mol. The Morgan fingerprint density at radius 3 is 2.87 bits per heavy atom. The van der Waals surface area contributed by atoms with Gasteiger partial charge in [0.1, 0.15) is 0 Å². The molecule has 23 heavy (non-hydrogen) atoms. The van der Waals surface area contributed by atoms with Crippen LogP contribution in [0.25, 0.3) is 0 Å². The molecule has 3 heterocycles. The number of benzene rings is 1. The van der Waals surface area contributed by atoms with E-state index in [1.807, 2.05) is 0 Å². The van der Waals surface area contributed by atoms with E-state index in [0.717, 1.165) is 10.6 Å². The molecule has 3 atom stereocenters. The number of aryl methyl sites for hydroxylation is 1. The van der Waals surface area contributed by atoms with Gasteiger partial charge in [-0.05, 0) is 38.3 Å². The van der Waals surface area contributed by atoms with Crippen molar-refractivity contribution in [3.8, 4) is 0 Å². The predicted octanol–water partition coefficient (Wildman–Crippen LogP) is 3.23. The topological polar surface area (TPSA) is 54.0 Å². The first-order chi connectivity index (χ1) is 11.2. The molecule has 0 saturated carbocycles. The molecule has 3 unspecified atom stereocenters. The van der Waals surface area contributed by atoms with Gasteiger partial charge < -0.3 is 10.6 Å². The van der Waals surface area contributed by atoms with Gasteiger partial charge in [0, 0.05) is 23.0 Å². The normalized spacial score (nSPS) is 25.7. The van der Waals surface area contributed by atoms with Crippen LogP contribution in [0.2, 0.25) is 0 Å². The third-order valence-electron chi connectivity index (χ3n) is 4.53. The Balaban J connectivity index is 1.39. The molecule has 1 aromatic heterocycles. The number of thiazole rings is 1. The van der Waals surface area contributed by atoms with E-state index in [1.165, 1.54) is 34.6 Å². The van der Waals surface area contributed by atoms with Gasteiger partial charge in [0.05, 0.1) is 10.4 Å². The Kier molecular flexibility index (Phi) is 4.13.